The highest BCUT2D eigenvalue weighted by Gasteiger charge is 2.11. The van der Waals surface area contributed by atoms with Crippen molar-refractivity contribution in [2.45, 2.75) is 6.42 Å². The maximum Gasteiger partial charge on any atom is 0.261 e. The maximum absolute atomic E-state index is 11.5. The molecule has 0 saturated carbocycles. The van der Waals surface area contributed by atoms with Gasteiger partial charge in [0.1, 0.15) is 11.6 Å². The van der Waals surface area contributed by atoms with Gasteiger partial charge < -0.3 is 15.2 Å². The van der Waals surface area contributed by atoms with E-state index in [1.165, 1.54) is 20.2 Å². The van der Waals surface area contributed by atoms with E-state index >= 15 is 0 Å². The van der Waals surface area contributed by atoms with Crippen molar-refractivity contribution in [1.29, 1.82) is 5.26 Å². The minimum atomic E-state index is -0.468. The Balaban J connectivity index is 3.35. The van der Waals surface area contributed by atoms with Crippen molar-refractivity contribution >= 4 is 12.0 Å². The number of carbonyl (C=O) groups is 1. The van der Waals surface area contributed by atoms with Crippen molar-refractivity contribution < 1.29 is 14.6 Å². The molecule has 5 heteroatoms. The van der Waals surface area contributed by atoms with Gasteiger partial charge in [-0.05, 0) is 30.2 Å². The number of hydrogen-bond donors (Lipinski definition) is 2. The summed E-state index contributed by atoms with van der Waals surface area (Å²) in [6, 6.07) is 5.07. The number of nitrogens with one attached hydrogen (secondary N) is 1. The first-order chi connectivity index (χ1) is 9.57. The number of phenolic OH excluding ortho intramolecular Hbond substituents is 1. The Morgan fingerprint density at radius 1 is 1.60 bits per heavy atom. The monoisotopic (exact) mass is 272 g/mol. The van der Waals surface area contributed by atoms with E-state index in [9.17, 15) is 9.90 Å². The van der Waals surface area contributed by atoms with E-state index in [0.717, 1.165) is 0 Å². The molecule has 5 nitrogen and oxygen atoms in total. The van der Waals surface area contributed by atoms with Crippen molar-refractivity contribution in [3.05, 3.63) is 41.5 Å². The standard InChI is InChI=1S/C15H16N2O3/c1-4-5-11-6-10(8-13(20-3)14(11)18)7-12(9-16)15(19)17-2/h4,6-8,18H,1,5H2,2-3H3,(H,17,19)/b12-7-. The van der Waals surface area contributed by atoms with Crippen molar-refractivity contribution in [2.75, 3.05) is 14.2 Å². The molecule has 0 atom stereocenters. The van der Waals surface area contributed by atoms with Crippen LogP contribution >= 0.6 is 0 Å². The van der Waals surface area contributed by atoms with E-state index in [4.69, 9.17) is 10.00 Å². The fraction of sp³-hybridized carbons (Fsp3) is 0.200. The fourth-order valence-corrected chi connectivity index (χ4v) is 1.69. The quantitative estimate of drug-likeness (QED) is 0.486. The Hall–Kier alpha value is -2.74. The van der Waals surface area contributed by atoms with E-state index in [1.807, 2.05) is 6.07 Å². The molecule has 1 rings (SSSR count). The van der Waals surface area contributed by atoms with E-state index < -0.39 is 5.91 Å². The first kappa shape index (κ1) is 15.3. The number of likely N-dealkylation sites (N-methyl/N-ethyl adjacent to an activating group) is 1. The fourth-order valence-electron chi connectivity index (χ4n) is 1.69. The second-order valence-corrected chi connectivity index (χ2v) is 3.97. The lowest BCUT2D eigenvalue weighted by molar-refractivity contribution is -0.116. The van der Waals surface area contributed by atoms with Crippen LogP contribution < -0.4 is 10.1 Å². The summed E-state index contributed by atoms with van der Waals surface area (Å²) >= 11 is 0. The molecule has 0 fully saturated rings. The molecule has 2 N–H and O–H groups in total. The Bertz CT molecular complexity index is 598. The minimum Gasteiger partial charge on any atom is -0.504 e. The van der Waals surface area contributed by atoms with Gasteiger partial charge >= 0.3 is 0 Å². The second kappa shape index (κ2) is 7.00. The summed E-state index contributed by atoms with van der Waals surface area (Å²) < 4.78 is 5.08. The number of carbonyl (C=O) groups excluding carboxylic acids is 1. The van der Waals surface area contributed by atoms with Gasteiger partial charge in [0, 0.05) is 12.6 Å². The lowest BCUT2D eigenvalue weighted by Gasteiger charge is -2.09. The lowest BCUT2D eigenvalue weighted by atomic mass is 10.0. The molecule has 104 valence electrons. The van der Waals surface area contributed by atoms with Crippen molar-refractivity contribution in [3.63, 3.8) is 0 Å². The minimum absolute atomic E-state index is 0.0233. The first-order valence-corrected chi connectivity index (χ1v) is 5.92. The first-order valence-electron chi connectivity index (χ1n) is 5.92. The Kier molecular flexibility index (Phi) is 5.36. The molecular formula is C15H16N2O3. The zero-order valence-electron chi connectivity index (χ0n) is 11.4. The smallest absolute Gasteiger partial charge is 0.261 e. The number of methoxy groups -OCH3 is 1. The van der Waals surface area contributed by atoms with Crippen molar-refractivity contribution in [2.24, 2.45) is 0 Å². The number of allylic oxidation sites excluding steroid dienone is 1. The molecule has 1 aromatic rings. The van der Waals surface area contributed by atoms with Crippen LogP contribution in [-0.4, -0.2) is 25.2 Å². The van der Waals surface area contributed by atoms with Crippen molar-refractivity contribution in [3.8, 4) is 17.6 Å². The number of nitrogens with zero attached hydrogens (tertiary/aromatic N) is 1. The van der Waals surface area contributed by atoms with Gasteiger partial charge in [-0.1, -0.05) is 6.08 Å². The van der Waals surface area contributed by atoms with Crippen LogP contribution in [0.4, 0.5) is 0 Å². The summed E-state index contributed by atoms with van der Waals surface area (Å²) in [7, 11) is 2.89. The van der Waals surface area contributed by atoms with Gasteiger partial charge in [0.2, 0.25) is 0 Å². The number of nitriles is 1. The summed E-state index contributed by atoms with van der Waals surface area (Å²) in [6.07, 6.45) is 3.53. The third kappa shape index (κ3) is 3.39. The van der Waals surface area contributed by atoms with Gasteiger partial charge in [-0.25, -0.2) is 0 Å². The van der Waals surface area contributed by atoms with Crippen LogP contribution in [0.1, 0.15) is 11.1 Å². The summed E-state index contributed by atoms with van der Waals surface area (Å²) in [6.45, 7) is 3.62. The van der Waals surface area contributed by atoms with E-state index in [2.05, 4.69) is 11.9 Å². The molecular weight excluding hydrogens is 256 g/mol. The van der Waals surface area contributed by atoms with E-state index in [-0.39, 0.29) is 17.1 Å². The molecule has 0 aliphatic carbocycles. The van der Waals surface area contributed by atoms with Crippen LogP contribution in [0.2, 0.25) is 0 Å². The van der Waals surface area contributed by atoms with Crippen LogP contribution in [-0.2, 0) is 11.2 Å². The molecule has 0 saturated heterocycles. The van der Waals surface area contributed by atoms with Gasteiger partial charge in [0.15, 0.2) is 11.5 Å². The predicted octanol–water partition coefficient (Wildman–Crippen LogP) is 1.78. The lowest BCUT2D eigenvalue weighted by Crippen LogP contribution is -2.19. The number of benzene rings is 1. The number of rotatable bonds is 5. The normalized spacial score (nSPS) is 10.6. The third-order valence-corrected chi connectivity index (χ3v) is 2.66. The van der Waals surface area contributed by atoms with E-state index in [0.29, 0.717) is 17.5 Å². The SMILES string of the molecule is C=CCc1cc(/C=C(/C#N)C(=O)NC)cc(OC)c1O. The third-order valence-electron chi connectivity index (χ3n) is 2.66. The summed E-state index contributed by atoms with van der Waals surface area (Å²) in [5.41, 5.74) is 1.18. The molecule has 0 bridgehead atoms. The molecule has 1 aromatic carbocycles. The Labute approximate surface area is 117 Å². The predicted molar refractivity (Wildman–Crippen MR) is 76.2 cm³/mol. The zero-order chi connectivity index (χ0) is 15.1. The van der Waals surface area contributed by atoms with Crippen LogP contribution in [0.3, 0.4) is 0 Å². The van der Waals surface area contributed by atoms with Crippen LogP contribution in [0, 0.1) is 11.3 Å². The van der Waals surface area contributed by atoms with E-state index in [1.54, 1.807) is 18.2 Å². The number of hydrogen-bond acceptors (Lipinski definition) is 4. The largest absolute Gasteiger partial charge is 0.504 e. The summed E-state index contributed by atoms with van der Waals surface area (Å²) in [5, 5.41) is 21.3. The highest BCUT2D eigenvalue weighted by Crippen LogP contribution is 2.32. The Morgan fingerprint density at radius 2 is 2.30 bits per heavy atom. The average Bonchev–Trinajstić information content (AvgIpc) is 2.47. The van der Waals surface area contributed by atoms with Gasteiger partial charge in [0.25, 0.3) is 5.91 Å². The van der Waals surface area contributed by atoms with Gasteiger partial charge in [0.05, 0.1) is 7.11 Å². The van der Waals surface area contributed by atoms with Gasteiger partial charge in [-0.3, -0.25) is 4.79 Å². The molecule has 1 amide bonds. The topological polar surface area (TPSA) is 82.4 Å². The highest BCUT2D eigenvalue weighted by atomic mass is 16.5. The molecule has 0 aliphatic heterocycles. The molecule has 0 aliphatic rings. The van der Waals surface area contributed by atoms with Crippen molar-refractivity contribution in [1.82, 2.24) is 5.32 Å². The number of phenols is 1. The molecule has 0 aromatic heterocycles. The summed E-state index contributed by atoms with van der Waals surface area (Å²) in [5.74, 6) is -0.155. The zero-order valence-corrected chi connectivity index (χ0v) is 11.4. The summed E-state index contributed by atoms with van der Waals surface area (Å²) in [4.78, 5) is 11.5. The molecule has 20 heavy (non-hydrogen) atoms. The van der Waals surface area contributed by atoms with Crippen LogP contribution in [0.15, 0.2) is 30.4 Å². The highest BCUT2D eigenvalue weighted by molar-refractivity contribution is 6.01. The van der Waals surface area contributed by atoms with Gasteiger partial charge in [-0.15, -0.1) is 6.58 Å². The second-order valence-electron chi connectivity index (χ2n) is 3.97. The van der Waals surface area contributed by atoms with Crippen LogP contribution in [0.5, 0.6) is 11.5 Å². The van der Waals surface area contributed by atoms with Crippen LogP contribution in [0.25, 0.3) is 6.08 Å². The molecule has 0 radical (unpaired) electrons. The average molecular weight is 272 g/mol. The van der Waals surface area contributed by atoms with Gasteiger partial charge in [-0.2, -0.15) is 5.26 Å². The molecule has 0 unspecified atom stereocenters. The number of amides is 1. The number of ether oxygens (including phenoxy) is 1. The maximum atomic E-state index is 11.5. The molecule has 0 spiro atoms. The number of aromatic hydroxyl groups is 1. The Morgan fingerprint density at radius 3 is 2.80 bits per heavy atom. The molecule has 0 heterocycles.